The third-order valence-electron chi connectivity index (χ3n) is 3.70. The number of rotatable bonds is 12. The summed E-state index contributed by atoms with van der Waals surface area (Å²) >= 11 is 1.43. The third-order valence-corrected chi connectivity index (χ3v) is 6.58. The number of aliphatic hydroxyl groups is 1. The number of aromatic nitrogens is 2. The molecule has 11 nitrogen and oxygen atoms in total. The van der Waals surface area contributed by atoms with Gasteiger partial charge >= 0.3 is 19.0 Å². The van der Waals surface area contributed by atoms with Gasteiger partial charge in [-0.25, -0.2) is 14.2 Å². The van der Waals surface area contributed by atoms with E-state index in [1.807, 2.05) is 0 Å². The van der Waals surface area contributed by atoms with Gasteiger partial charge in [-0.1, -0.05) is 0 Å². The fourth-order valence-corrected chi connectivity index (χ4v) is 4.57. The molecule has 1 aliphatic heterocycles. The zero-order chi connectivity index (χ0) is 21.3. The van der Waals surface area contributed by atoms with Gasteiger partial charge in [0.25, 0.3) is 0 Å². The van der Waals surface area contributed by atoms with E-state index in [4.69, 9.17) is 23.6 Å². The van der Waals surface area contributed by atoms with Crippen molar-refractivity contribution in [2.45, 2.75) is 31.9 Å². The van der Waals surface area contributed by atoms with Crippen molar-refractivity contribution in [3.05, 3.63) is 22.7 Å². The Bertz CT molecular complexity index is 767. The number of aliphatic hydroxyl groups excluding tert-OH is 1. The van der Waals surface area contributed by atoms with Crippen LogP contribution < -0.4 is 11.0 Å². The Balaban J connectivity index is 1.77. The zero-order valence-corrected chi connectivity index (χ0v) is 18.0. The van der Waals surface area contributed by atoms with Crippen molar-refractivity contribution in [3.63, 3.8) is 0 Å². The zero-order valence-electron chi connectivity index (χ0n) is 16.3. The van der Waals surface area contributed by atoms with Crippen LogP contribution in [0.3, 0.4) is 0 Å². The van der Waals surface area contributed by atoms with Gasteiger partial charge in [0.05, 0.1) is 26.4 Å². The first-order valence-electron chi connectivity index (χ1n) is 9.21. The molecule has 0 saturated carbocycles. The first-order valence-corrected chi connectivity index (χ1v) is 11.8. The molecule has 164 valence electrons. The number of nitrogens with zero attached hydrogens (tertiary/aromatic N) is 2. The van der Waals surface area contributed by atoms with Crippen molar-refractivity contribution >= 4 is 30.9 Å². The number of carbonyl (C=O) groups is 1. The maximum absolute atomic E-state index is 12.2. The average molecular weight is 451 g/mol. The van der Waals surface area contributed by atoms with Gasteiger partial charge < -0.3 is 28.9 Å². The van der Waals surface area contributed by atoms with E-state index in [1.165, 1.54) is 16.3 Å². The van der Waals surface area contributed by atoms with Gasteiger partial charge in [0, 0.05) is 18.5 Å². The quantitative estimate of drug-likeness (QED) is 0.356. The number of anilines is 1. The predicted molar refractivity (Wildman–Crippen MR) is 107 cm³/mol. The minimum Gasteiger partial charge on any atom is -0.457 e. The average Bonchev–Trinajstić information content (AvgIpc) is 3.17. The molecular weight excluding hydrogens is 425 g/mol. The van der Waals surface area contributed by atoms with Gasteiger partial charge in [-0.05, 0) is 26.3 Å². The molecule has 2 heterocycles. The summed E-state index contributed by atoms with van der Waals surface area (Å²) in [6, 6.07) is 1.63. The van der Waals surface area contributed by atoms with Crippen LogP contribution >= 0.6 is 19.4 Å². The Morgan fingerprint density at radius 2 is 2.17 bits per heavy atom. The molecule has 0 bridgehead atoms. The molecule has 0 radical (unpaired) electrons. The Labute approximate surface area is 172 Å². The van der Waals surface area contributed by atoms with Gasteiger partial charge in [0.15, 0.2) is 0 Å². The lowest BCUT2D eigenvalue weighted by atomic mass is 10.4. The van der Waals surface area contributed by atoms with E-state index in [1.54, 1.807) is 26.1 Å². The monoisotopic (exact) mass is 451 g/mol. The summed E-state index contributed by atoms with van der Waals surface area (Å²) in [5.74, 6) is 0.925. The lowest BCUT2D eigenvalue weighted by molar-refractivity contribution is -0.00629. The highest BCUT2D eigenvalue weighted by atomic mass is 32.2. The SMILES string of the molecule is CCOP(=O)(OCC)C(=O)OCCCNc1ccn([C@H]2CS[C@@H](CO)O2)c(=O)n1. The van der Waals surface area contributed by atoms with Crippen LogP contribution in [0.1, 0.15) is 26.5 Å². The Morgan fingerprint density at radius 3 is 2.76 bits per heavy atom. The Hall–Kier alpha value is -1.43. The molecule has 0 amide bonds. The molecule has 0 spiro atoms. The number of hydrogen-bond donors (Lipinski definition) is 2. The van der Waals surface area contributed by atoms with Gasteiger partial charge in [-0.15, -0.1) is 11.8 Å². The molecule has 2 N–H and O–H groups in total. The summed E-state index contributed by atoms with van der Waals surface area (Å²) in [5.41, 5.74) is -1.83. The highest BCUT2D eigenvalue weighted by Crippen LogP contribution is 2.49. The Morgan fingerprint density at radius 1 is 1.45 bits per heavy atom. The molecule has 29 heavy (non-hydrogen) atoms. The molecule has 2 atom stereocenters. The van der Waals surface area contributed by atoms with Crippen molar-refractivity contribution in [1.82, 2.24) is 9.55 Å². The fraction of sp³-hybridized carbons (Fsp3) is 0.688. The number of carbonyl (C=O) groups excluding carboxylic acids is 1. The maximum Gasteiger partial charge on any atom is 0.438 e. The molecule has 0 unspecified atom stereocenters. The molecule has 1 aromatic rings. The molecule has 0 aliphatic carbocycles. The van der Waals surface area contributed by atoms with E-state index in [2.05, 4.69) is 10.3 Å². The van der Waals surface area contributed by atoms with E-state index < -0.39 is 25.2 Å². The topological polar surface area (TPSA) is 138 Å². The number of thioether (sulfide) groups is 1. The molecule has 1 aromatic heterocycles. The predicted octanol–water partition coefficient (Wildman–Crippen LogP) is 2.03. The number of nitrogens with one attached hydrogen (secondary N) is 1. The van der Waals surface area contributed by atoms with E-state index >= 15 is 0 Å². The summed E-state index contributed by atoms with van der Waals surface area (Å²) in [6.07, 6.45) is 1.51. The van der Waals surface area contributed by atoms with Crippen LogP contribution in [0.4, 0.5) is 10.6 Å². The van der Waals surface area contributed by atoms with Crippen LogP contribution in [0.2, 0.25) is 0 Å². The second-order valence-corrected chi connectivity index (χ2v) is 8.84. The van der Waals surface area contributed by atoms with Crippen molar-refractivity contribution in [2.75, 3.05) is 44.0 Å². The largest absolute Gasteiger partial charge is 0.457 e. The minimum atomic E-state index is -3.91. The maximum atomic E-state index is 12.2. The molecule has 1 fully saturated rings. The first-order chi connectivity index (χ1) is 13.9. The summed E-state index contributed by atoms with van der Waals surface area (Å²) < 4.78 is 33.9. The summed E-state index contributed by atoms with van der Waals surface area (Å²) in [6.45, 7) is 3.60. The van der Waals surface area contributed by atoms with Crippen LogP contribution in [-0.2, 0) is 23.1 Å². The smallest absolute Gasteiger partial charge is 0.438 e. The van der Waals surface area contributed by atoms with Gasteiger partial charge in [-0.3, -0.25) is 4.57 Å². The number of ether oxygens (including phenoxy) is 2. The van der Waals surface area contributed by atoms with E-state index in [0.29, 0.717) is 24.5 Å². The summed E-state index contributed by atoms with van der Waals surface area (Å²) in [5, 5.41) is 12.1. The third kappa shape index (κ3) is 6.80. The summed E-state index contributed by atoms with van der Waals surface area (Å²) in [4.78, 5) is 28.0. The van der Waals surface area contributed by atoms with Crippen molar-refractivity contribution in [2.24, 2.45) is 0 Å². The first kappa shape index (κ1) is 23.8. The van der Waals surface area contributed by atoms with Gasteiger partial charge in [-0.2, -0.15) is 4.98 Å². The van der Waals surface area contributed by atoms with Gasteiger partial charge in [0.1, 0.15) is 17.5 Å². The van der Waals surface area contributed by atoms with Crippen LogP contribution in [0, 0.1) is 0 Å². The lowest BCUT2D eigenvalue weighted by Gasteiger charge is -2.15. The van der Waals surface area contributed by atoms with Gasteiger partial charge in [0.2, 0.25) is 0 Å². The molecule has 13 heteroatoms. The summed E-state index contributed by atoms with van der Waals surface area (Å²) in [7, 11) is -3.91. The second kappa shape index (κ2) is 11.7. The molecule has 2 rings (SSSR count). The molecule has 1 aliphatic rings. The second-order valence-electron chi connectivity index (χ2n) is 5.77. The minimum absolute atomic E-state index is 0.00270. The van der Waals surface area contributed by atoms with Crippen LogP contribution in [0.15, 0.2) is 17.1 Å². The van der Waals surface area contributed by atoms with Crippen LogP contribution in [0.25, 0.3) is 0 Å². The Kier molecular flexibility index (Phi) is 9.60. The standard InChI is InChI=1S/C16H26N3O8PS/c1-3-25-28(23,26-4-2)16(22)24-9-5-7-17-12-6-8-19(15(21)18-12)13-11-29-14(10-20)27-13/h6,8,13-14,20H,3-5,7,9-11H2,1-2H3,(H,17,18,21)/t13-,14+/m1/s1. The van der Waals surface area contributed by atoms with Crippen LogP contribution in [0.5, 0.6) is 0 Å². The van der Waals surface area contributed by atoms with E-state index in [9.17, 15) is 14.2 Å². The fourth-order valence-electron chi connectivity index (χ4n) is 2.43. The van der Waals surface area contributed by atoms with Crippen LogP contribution in [-0.4, -0.2) is 64.5 Å². The normalized spacial score (nSPS) is 19.3. The van der Waals surface area contributed by atoms with Crippen molar-refractivity contribution < 1.29 is 33.0 Å². The molecule has 1 saturated heterocycles. The van der Waals surface area contributed by atoms with E-state index in [0.717, 1.165) is 0 Å². The highest BCUT2D eigenvalue weighted by Gasteiger charge is 2.36. The highest BCUT2D eigenvalue weighted by molar-refractivity contribution is 8.00. The molecular formula is C16H26N3O8PS. The lowest BCUT2D eigenvalue weighted by Crippen LogP contribution is -2.29. The van der Waals surface area contributed by atoms with Crippen molar-refractivity contribution in [3.8, 4) is 0 Å². The van der Waals surface area contributed by atoms with Crippen molar-refractivity contribution in [1.29, 1.82) is 0 Å². The van der Waals surface area contributed by atoms with E-state index in [-0.39, 0.29) is 31.9 Å². The molecule has 0 aromatic carbocycles. The number of hydrogen-bond acceptors (Lipinski definition) is 11.